The molecule has 1 aliphatic heterocycles. The Bertz CT molecular complexity index is 1650. The Morgan fingerprint density at radius 1 is 1.23 bits per heavy atom. The van der Waals surface area contributed by atoms with Gasteiger partial charge in [-0.15, -0.1) is 0 Å². The van der Waals surface area contributed by atoms with Crippen LogP contribution < -0.4 is 0 Å². The van der Waals surface area contributed by atoms with E-state index in [1.54, 1.807) is 24.4 Å². The van der Waals surface area contributed by atoms with Gasteiger partial charge in [-0.3, -0.25) is 19.2 Å². The Balaban J connectivity index is 1.40. The fraction of sp³-hybridized carbons (Fsp3) is 0.192. The number of aromatic amines is 1. The molecule has 0 spiro atoms. The van der Waals surface area contributed by atoms with E-state index in [4.69, 9.17) is 16.3 Å². The van der Waals surface area contributed by atoms with Gasteiger partial charge < -0.3 is 9.72 Å². The average Bonchev–Trinajstić information content (AvgIpc) is 3.63. The van der Waals surface area contributed by atoms with Crippen molar-refractivity contribution in [3.05, 3.63) is 87.4 Å². The Morgan fingerprint density at radius 2 is 2.02 bits per heavy atom. The zero-order chi connectivity index (χ0) is 28.6. The molecule has 0 radical (unpaired) electrons. The number of ether oxygens (including phenoxy) is 1. The maximum absolute atomic E-state index is 13.5. The second kappa shape index (κ2) is 10.8. The Labute approximate surface area is 233 Å². The second-order valence-corrected chi connectivity index (χ2v) is 10.2. The molecule has 1 saturated heterocycles. The van der Waals surface area contributed by atoms with Crippen LogP contribution in [0.1, 0.15) is 22.4 Å². The third-order valence-corrected chi connectivity index (χ3v) is 7.35. The molecule has 0 aliphatic carbocycles. The number of rotatable bonds is 7. The van der Waals surface area contributed by atoms with Crippen molar-refractivity contribution in [2.75, 3.05) is 7.11 Å². The van der Waals surface area contributed by atoms with Gasteiger partial charge in [0.2, 0.25) is 0 Å². The number of amides is 2. The minimum atomic E-state index is -4.58. The normalized spacial score (nSPS) is 15.8. The number of benzene rings is 2. The Kier molecular flexibility index (Phi) is 7.43. The average molecular weight is 590 g/mol. The molecular formula is C26H19ClF3N5O4S. The summed E-state index contributed by atoms with van der Waals surface area (Å²) < 4.78 is 46.8. The summed E-state index contributed by atoms with van der Waals surface area (Å²) in [6.45, 7) is -0.140. The number of aromatic nitrogens is 4. The van der Waals surface area contributed by atoms with Gasteiger partial charge >= 0.3 is 12.1 Å². The Morgan fingerprint density at radius 3 is 2.73 bits per heavy atom. The first kappa shape index (κ1) is 27.5. The molecule has 1 unspecified atom stereocenters. The molecule has 1 N–H and O–H groups in total. The molecular weight excluding hydrogens is 571 g/mol. The monoisotopic (exact) mass is 589 g/mol. The van der Waals surface area contributed by atoms with Gasteiger partial charge in [-0.05, 0) is 53.2 Å². The lowest BCUT2D eigenvalue weighted by Gasteiger charge is -2.22. The lowest BCUT2D eigenvalue weighted by atomic mass is 10.1. The number of carbonyl (C=O) groups is 3. The van der Waals surface area contributed by atoms with Crippen molar-refractivity contribution in [2.45, 2.75) is 25.2 Å². The lowest BCUT2D eigenvalue weighted by molar-refractivity contribution is -0.148. The molecule has 1 fully saturated rings. The van der Waals surface area contributed by atoms with Crippen LogP contribution in [0.3, 0.4) is 0 Å². The summed E-state index contributed by atoms with van der Waals surface area (Å²) >= 11 is 6.47. The molecule has 2 aromatic heterocycles. The number of esters is 1. The number of hydrogen-bond acceptors (Lipinski definition) is 7. The molecule has 0 saturated carbocycles. The molecule has 2 aromatic carbocycles. The van der Waals surface area contributed by atoms with Crippen LogP contribution in [-0.4, -0.2) is 54.9 Å². The molecule has 1 atom stereocenters. The minimum Gasteiger partial charge on any atom is -0.467 e. The SMILES string of the molecule is COC(=O)C(Cc1c[nH]cn1)N1C(=O)S/C(=C\c2ccc3c(cnn3Cc3ccc(Cl)cc3C(F)(F)F)c2)C1=O. The number of hydrogen-bond donors (Lipinski definition) is 1. The van der Waals surface area contributed by atoms with Crippen molar-refractivity contribution in [1.29, 1.82) is 0 Å². The number of carbonyl (C=O) groups excluding carboxylic acids is 3. The molecule has 4 aromatic rings. The van der Waals surface area contributed by atoms with Crippen LogP contribution in [-0.2, 0) is 33.5 Å². The van der Waals surface area contributed by atoms with Gasteiger partial charge in [0.15, 0.2) is 0 Å². The number of halogens is 4. The number of alkyl halides is 3. The summed E-state index contributed by atoms with van der Waals surface area (Å²) in [5.74, 6) is -1.41. The predicted octanol–water partition coefficient (Wildman–Crippen LogP) is 5.30. The van der Waals surface area contributed by atoms with E-state index in [9.17, 15) is 27.6 Å². The predicted molar refractivity (Wildman–Crippen MR) is 141 cm³/mol. The van der Waals surface area contributed by atoms with Gasteiger partial charge in [0, 0.05) is 23.0 Å². The molecule has 40 heavy (non-hydrogen) atoms. The standard InChI is InChI=1S/C26H19ClF3N5O4S/c1-39-24(37)21(9-18-11-31-13-32-18)35-23(36)22(40-25(35)38)7-14-2-5-20-16(6-14)10-33-34(20)12-15-3-4-17(27)8-19(15)26(28,29)30/h2-8,10-11,13,21H,9,12H2,1H3,(H,31,32)/b22-7-. The van der Waals surface area contributed by atoms with Crippen LogP contribution in [0.4, 0.5) is 18.0 Å². The van der Waals surface area contributed by atoms with E-state index in [0.717, 1.165) is 11.0 Å². The molecule has 14 heteroatoms. The van der Waals surface area contributed by atoms with Crippen LogP contribution in [0.2, 0.25) is 5.02 Å². The third kappa shape index (κ3) is 5.47. The van der Waals surface area contributed by atoms with Crippen molar-refractivity contribution in [3.8, 4) is 0 Å². The summed E-state index contributed by atoms with van der Waals surface area (Å²) in [4.78, 5) is 46.2. The smallest absolute Gasteiger partial charge is 0.416 e. The first-order valence-corrected chi connectivity index (χ1v) is 12.9. The fourth-order valence-electron chi connectivity index (χ4n) is 4.35. The molecule has 0 bridgehead atoms. The number of imidazole rings is 1. The second-order valence-electron chi connectivity index (χ2n) is 8.78. The topological polar surface area (TPSA) is 110 Å². The first-order chi connectivity index (χ1) is 19.0. The van der Waals surface area contributed by atoms with E-state index in [1.807, 2.05) is 0 Å². The van der Waals surface area contributed by atoms with E-state index < -0.39 is 34.9 Å². The maximum atomic E-state index is 13.5. The van der Waals surface area contributed by atoms with E-state index in [0.29, 0.717) is 33.9 Å². The van der Waals surface area contributed by atoms with Gasteiger partial charge in [-0.1, -0.05) is 23.7 Å². The summed E-state index contributed by atoms with van der Waals surface area (Å²) in [6, 6.07) is 7.41. The number of fused-ring (bicyclic) bond motifs is 1. The Hall–Kier alpha value is -4.10. The summed E-state index contributed by atoms with van der Waals surface area (Å²) in [5, 5.41) is 4.20. The fourth-order valence-corrected chi connectivity index (χ4v) is 5.40. The van der Waals surface area contributed by atoms with Crippen LogP contribution in [0.15, 0.2) is 60.0 Å². The van der Waals surface area contributed by atoms with Gasteiger partial charge in [-0.25, -0.2) is 9.78 Å². The number of methoxy groups -OCH3 is 1. The minimum absolute atomic E-state index is 0.00894. The van der Waals surface area contributed by atoms with Crippen LogP contribution >= 0.6 is 23.4 Å². The number of thioether (sulfide) groups is 1. The van der Waals surface area contributed by atoms with Gasteiger partial charge in [0.05, 0.1) is 47.9 Å². The lowest BCUT2D eigenvalue weighted by Crippen LogP contribution is -2.46. The number of H-pyrrole nitrogens is 1. The summed E-state index contributed by atoms with van der Waals surface area (Å²) in [7, 11) is 1.17. The molecule has 5 rings (SSSR count). The third-order valence-electron chi connectivity index (χ3n) is 6.23. The zero-order valence-corrected chi connectivity index (χ0v) is 22.2. The van der Waals surface area contributed by atoms with E-state index in [2.05, 4.69) is 15.1 Å². The highest BCUT2D eigenvalue weighted by molar-refractivity contribution is 8.18. The largest absolute Gasteiger partial charge is 0.467 e. The molecule has 9 nitrogen and oxygen atoms in total. The molecule has 206 valence electrons. The summed E-state index contributed by atoms with van der Waals surface area (Å²) in [5.41, 5.74) is 0.769. The highest BCUT2D eigenvalue weighted by Crippen LogP contribution is 2.36. The van der Waals surface area contributed by atoms with Crippen molar-refractivity contribution < 1.29 is 32.3 Å². The molecule has 1 aliphatic rings. The van der Waals surface area contributed by atoms with Gasteiger partial charge in [0.1, 0.15) is 6.04 Å². The summed E-state index contributed by atoms with van der Waals surface area (Å²) in [6.07, 6.45) is 1.38. The number of nitrogens with one attached hydrogen (secondary N) is 1. The van der Waals surface area contributed by atoms with Crippen LogP contribution in [0, 0.1) is 0 Å². The number of imide groups is 1. The first-order valence-electron chi connectivity index (χ1n) is 11.7. The van der Waals surface area contributed by atoms with Crippen molar-refractivity contribution in [2.24, 2.45) is 0 Å². The quantitative estimate of drug-likeness (QED) is 0.230. The highest BCUT2D eigenvalue weighted by atomic mass is 35.5. The zero-order valence-electron chi connectivity index (χ0n) is 20.6. The van der Waals surface area contributed by atoms with Crippen molar-refractivity contribution >= 4 is 57.5 Å². The highest BCUT2D eigenvalue weighted by Gasteiger charge is 2.43. The maximum Gasteiger partial charge on any atom is 0.416 e. The van der Waals surface area contributed by atoms with Crippen molar-refractivity contribution in [3.63, 3.8) is 0 Å². The van der Waals surface area contributed by atoms with Gasteiger partial charge in [0.25, 0.3) is 11.1 Å². The van der Waals surface area contributed by atoms with E-state index in [1.165, 1.54) is 42.5 Å². The van der Waals surface area contributed by atoms with E-state index in [-0.39, 0.29) is 28.5 Å². The molecule has 3 heterocycles. The van der Waals surface area contributed by atoms with Gasteiger partial charge in [-0.2, -0.15) is 18.3 Å². The van der Waals surface area contributed by atoms with Crippen LogP contribution in [0.5, 0.6) is 0 Å². The van der Waals surface area contributed by atoms with E-state index >= 15 is 0 Å². The van der Waals surface area contributed by atoms with Crippen LogP contribution in [0.25, 0.3) is 17.0 Å². The van der Waals surface area contributed by atoms with Crippen molar-refractivity contribution in [1.82, 2.24) is 24.6 Å². The molecule has 2 amide bonds. The number of nitrogens with zero attached hydrogens (tertiary/aromatic N) is 4.